The Bertz CT molecular complexity index is 1260. The molecule has 158 valence electrons. The van der Waals surface area contributed by atoms with E-state index >= 15 is 0 Å². The topological polar surface area (TPSA) is 69.0 Å². The van der Waals surface area contributed by atoms with Gasteiger partial charge in [0.2, 0.25) is 0 Å². The van der Waals surface area contributed by atoms with Gasteiger partial charge in [-0.25, -0.2) is 4.98 Å². The van der Waals surface area contributed by atoms with Gasteiger partial charge in [-0.1, -0.05) is 29.8 Å². The number of carbonyl (C=O) groups is 1. The Balaban J connectivity index is 1.63. The van der Waals surface area contributed by atoms with Gasteiger partial charge in [-0.2, -0.15) is 9.78 Å². The Morgan fingerprint density at radius 3 is 2.52 bits per heavy atom. The highest BCUT2D eigenvalue weighted by Crippen LogP contribution is 2.25. The predicted molar refractivity (Wildman–Crippen MR) is 123 cm³/mol. The average molecular weight is 435 g/mol. The monoisotopic (exact) mass is 434 g/mol. The number of halogens is 1. The fraction of sp³-hybridized carbons (Fsp3) is 0.208. The molecule has 2 aromatic heterocycles. The van der Waals surface area contributed by atoms with Gasteiger partial charge in [0.05, 0.1) is 11.2 Å². The van der Waals surface area contributed by atoms with Crippen LogP contribution in [-0.2, 0) is 4.79 Å². The van der Waals surface area contributed by atoms with Crippen LogP contribution < -0.4 is 10.1 Å². The van der Waals surface area contributed by atoms with Crippen LogP contribution in [0.5, 0.6) is 5.75 Å². The molecule has 0 spiro atoms. The number of benzene rings is 2. The summed E-state index contributed by atoms with van der Waals surface area (Å²) in [6.07, 6.45) is 0. The van der Waals surface area contributed by atoms with Crippen LogP contribution in [0.1, 0.15) is 25.1 Å². The van der Waals surface area contributed by atoms with Crippen LogP contribution >= 0.6 is 11.6 Å². The van der Waals surface area contributed by atoms with Crippen molar-refractivity contribution in [1.82, 2.24) is 14.8 Å². The van der Waals surface area contributed by atoms with E-state index in [0.29, 0.717) is 22.4 Å². The summed E-state index contributed by atoms with van der Waals surface area (Å²) in [4.78, 5) is 17.8. The minimum absolute atomic E-state index is 0.305. The van der Waals surface area contributed by atoms with E-state index in [1.165, 1.54) is 0 Å². The standard InChI is InChI=1S/C24H23ClN4O2/c1-15-13-21(26-20-8-6-5-7-19(15)20)29-22(14-16(2)28-29)27-23(30)24(3,4)31-18-11-9-17(25)10-12-18/h5-14H,1-4H3,(H,27,30). The van der Waals surface area contributed by atoms with Gasteiger partial charge < -0.3 is 10.1 Å². The number of hydrogen-bond donors (Lipinski definition) is 1. The first-order valence-electron chi connectivity index (χ1n) is 9.92. The van der Waals surface area contributed by atoms with E-state index < -0.39 is 5.60 Å². The van der Waals surface area contributed by atoms with Crippen LogP contribution in [0.3, 0.4) is 0 Å². The van der Waals surface area contributed by atoms with Crippen LogP contribution in [0.2, 0.25) is 5.02 Å². The average Bonchev–Trinajstić information content (AvgIpc) is 3.09. The fourth-order valence-corrected chi connectivity index (χ4v) is 3.44. The molecule has 0 aliphatic carbocycles. The number of nitrogens with zero attached hydrogens (tertiary/aromatic N) is 3. The highest BCUT2D eigenvalue weighted by molar-refractivity contribution is 6.30. The van der Waals surface area contributed by atoms with E-state index in [0.717, 1.165) is 22.2 Å². The number of ether oxygens (including phenoxy) is 1. The second kappa shape index (κ2) is 8.04. The Morgan fingerprint density at radius 2 is 1.77 bits per heavy atom. The van der Waals surface area contributed by atoms with E-state index in [-0.39, 0.29) is 5.91 Å². The summed E-state index contributed by atoms with van der Waals surface area (Å²) in [5, 5.41) is 9.17. The van der Waals surface area contributed by atoms with Crippen LogP contribution in [0, 0.1) is 13.8 Å². The molecule has 1 N–H and O–H groups in total. The van der Waals surface area contributed by atoms with Gasteiger partial charge in [-0.3, -0.25) is 4.79 Å². The van der Waals surface area contributed by atoms with E-state index in [1.54, 1.807) is 42.8 Å². The van der Waals surface area contributed by atoms with Gasteiger partial charge in [0, 0.05) is 16.5 Å². The molecular weight excluding hydrogens is 412 g/mol. The first-order chi connectivity index (χ1) is 14.7. The Morgan fingerprint density at radius 1 is 1.06 bits per heavy atom. The van der Waals surface area contributed by atoms with Gasteiger partial charge >= 0.3 is 0 Å². The second-order valence-corrected chi connectivity index (χ2v) is 8.35. The predicted octanol–water partition coefficient (Wildman–Crippen LogP) is 5.49. The summed E-state index contributed by atoms with van der Waals surface area (Å²) in [5.41, 5.74) is 1.59. The van der Waals surface area contributed by atoms with Crippen LogP contribution in [-0.4, -0.2) is 26.3 Å². The van der Waals surface area contributed by atoms with Crippen molar-refractivity contribution < 1.29 is 9.53 Å². The number of nitrogens with one attached hydrogen (secondary N) is 1. The van der Waals surface area contributed by atoms with Crippen LogP contribution in [0.25, 0.3) is 16.7 Å². The van der Waals surface area contributed by atoms with E-state index in [1.807, 2.05) is 50.2 Å². The van der Waals surface area contributed by atoms with Crippen LogP contribution in [0.15, 0.2) is 60.7 Å². The summed E-state index contributed by atoms with van der Waals surface area (Å²) in [6.45, 7) is 7.33. The lowest BCUT2D eigenvalue weighted by Crippen LogP contribution is -2.42. The summed E-state index contributed by atoms with van der Waals surface area (Å²) < 4.78 is 7.55. The number of rotatable bonds is 5. The molecule has 0 unspecified atom stereocenters. The molecule has 0 fully saturated rings. The third kappa shape index (κ3) is 4.39. The number of hydrogen-bond acceptors (Lipinski definition) is 4. The number of aromatic nitrogens is 3. The third-order valence-electron chi connectivity index (χ3n) is 4.93. The van der Waals surface area contributed by atoms with Gasteiger partial charge in [0.1, 0.15) is 11.6 Å². The van der Waals surface area contributed by atoms with E-state index in [2.05, 4.69) is 10.4 Å². The van der Waals surface area contributed by atoms with Crippen molar-refractivity contribution in [2.75, 3.05) is 5.32 Å². The molecule has 6 nitrogen and oxygen atoms in total. The molecule has 0 radical (unpaired) electrons. The van der Waals surface area contributed by atoms with Crippen molar-refractivity contribution in [2.24, 2.45) is 0 Å². The lowest BCUT2D eigenvalue weighted by atomic mass is 10.1. The summed E-state index contributed by atoms with van der Waals surface area (Å²) in [6, 6.07) is 18.6. The number of fused-ring (bicyclic) bond motifs is 1. The maximum atomic E-state index is 13.1. The molecule has 0 atom stereocenters. The SMILES string of the molecule is Cc1cc(NC(=O)C(C)(C)Oc2ccc(Cl)cc2)n(-c2cc(C)c3ccccc3n2)n1. The van der Waals surface area contributed by atoms with Crippen molar-refractivity contribution >= 4 is 34.2 Å². The minimum Gasteiger partial charge on any atom is -0.478 e. The number of para-hydroxylation sites is 1. The molecule has 4 aromatic rings. The molecule has 0 aliphatic rings. The summed E-state index contributed by atoms with van der Waals surface area (Å²) in [7, 11) is 0. The molecule has 2 aromatic carbocycles. The zero-order valence-electron chi connectivity index (χ0n) is 17.8. The molecule has 31 heavy (non-hydrogen) atoms. The zero-order chi connectivity index (χ0) is 22.2. The highest BCUT2D eigenvalue weighted by atomic mass is 35.5. The van der Waals surface area contributed by atoms with Gasteiger partial charge in [0.25, 0.3) is 5.91 Å². The van der Waals surface area contributed by atoms with Crippen molar-refractivity contribution in [3.05, 3.63) is 76.9 Å². The smallest absolute Gasteiger partial charge is 0.269 e. The minimum atomic E-state index is -1.12. The molecular formula is C24H23ClN4O2. The summed E-state index contributed by atoms with van der Waals surface area (Å²) >= 11 is 5.93. The quantitative estimate of drug-likeness (QED) is 0.451. The third-order valence-corrected chi connectivity index (χ3v) is 5.19. The highest BCUT2D eigenvalue weighted by Gasteiger charge is 2.31. The van der Waals surface area contributed by atoms with E-state index in [9.17, 15) is 4.79 Å². The maximum Gasteiger partial charge on any atom is 0.269 e. The van der Waals surface area contributed by atoms with Gasteiger partial charge in [0.15, 0.2) is 11.4 Å². The Hall–Kier alpha value is -3.38. The molecule has 0 saturated carbocycles. The normalized spacial score (nSPS) is 11.5. The zero-order valence-corrected chi connectivity index (χ0v) is 18.6. The van der Waals surface area contributed by atoms with Gasteiger partial charge in [-0.15, -0.1) is 0 Å². The largest absolute Gasteiger partial charge is 0.478 e. The Kier molecular flexibility index (Phi) is 5.41. The van der Waals surface area contributed by atoms with Crippen LogP contribution in [0.4, 0.5) is 5.82 Å². The lowest BCUT2D eigenvalue weighted by molar-refractivity contribution is -0.128. The van der Waals surface area contributed by atoms with Crippen molar-refractivity contribution in [3.8, 4) is 11.6 Å². The molecule has 2 heterocycles. The fourth-order valence-electron chi connectivity index (χ4n) is 3.31. The number of anilines is 1. The molecule has 0 saturated heterocycles. The molecule has 7 heteroatoms. The molecule has 1 amide bonds. The second-order valence-electron chi connectivity index (χ2n) is 7.92. The first-order valence-corrected chi connectivity index (χ1v) is 10.3. The van der Waals surface area contributed by atoms with Crippen molar-refractivity contribution in [2.45, 2.75) is 33.3 Å². The number of pyridine rings is 1. The van der Waals surface area contributed by atoms with Crippen molar-refractivity contribution in [1.29, 1.82) is 0 Å². The lowest BCUT2D eigenvalue weighted by Gasteiger charge is -2.25. The van der Waals surface area contributed by atoms with Crippen molar-refractivity contribution in [3.63, 3.8) is 0 Å². The van der Waals surface area contributed by atoms with E-state index in [4.69, 9.17) is 21.3 Å². The van der Waals surface area contributed by atoms with Gasteiger partial charge in [-0.05, 0) is 69.7 Å². The molecule has 4 rings (SSSR count). The molecule has 0 bridgehead atoms. The number of aryl methyl sites for hydroxylation is 2. The first kappa shape index (κ1) is 20.9. The number of amides is 1. The number of carbonyl (C=O) groups excluding carboxylic acids is 1. The molecule has 0 aliphatic heterocycles. The Labute approximate surface area is 185 Å². The maximum absolute atomic E-state index is 13.1. The summed E-state index contributed by atoms with van der Waals surface area (Å²) in [5.74, 6) is 1.41.